The van der Waals surface area contributed by atoms with E-state index in [2.05, 4.69) is 0 Å². The number of benzene rings is 1. The third-order valence-corrected chi connectivity index (χ3v) is 2.39. The number of hydrogen-bond donors (Lipinski definition) is 0. The normalized spacial score (nSPS) is 20.2. The number of anilines is 1. The van der Waals surface area contributed by atoms with E-state index in [-0.39, 0.29) is 12.1 Å². The molecule has 1 fully saturated rings. The minimum absolute atomic E-state index is 0.0413. The van der Waals surface area contributed by atoms with E-state index < -0.39 is 0 Å². The maximum atomic E-state index is 11.4. The van der Waals surface area contributed by atoms with Gasteiger partial charge in [-0.1, -0.05) is 0 Å². The highest BCUT2D eigenvalue weighted by Crippen LogP contribution is 2.22. The lowest BCUT2D eigenvalue weighted by molar-refractivity contribution is 0.112. The Morgan fingerprint density at radius 2 is 2.07 bits per heavy atom. The monoisotopic (exact) mass is 205 g/mol. The van der Waals surface area contributed by atoms with Crippen molar-refractivity contribution < 1.29 is 14.3 Å². The van der Waals surface area contributed by atoms with Gasteiger partial charge in [-0.25, -0.2) is 4.79 Å². The van der Waals surface area contributed by atoms with E-state index in [4.69, 9.17) is 4.74 Å². The van der Waals surface area contributed by atoms with Crippen molar-refractivity contribution in [1.29, 1.82) is 0 Å². The van der Waals surface area contributed by atoms with Crippen LogP contribution in [0.25, 0.3) is 0 Å². The Bertz CT molecular complexity index is 385. The lowest BCUT2D eigenvalue weighted by Gasteiger charge is -2.17. The molecule has 1 atom stereocenters. The third kappa shape index (κ3) is 1.70. The van der Waals surface area contributed by atoms with Gasteiger partial charge in [-0.15, -0.1) is 0 Å². The van der Waals surface area contributed by atoms with E-state index in [1.54, 1.807) is 29.2 Å². The zero-order valence-corrected chi connectivity index (χ0v) is 8.34. The van der Waals surface area contributed by atoms with Crippen molar-refractivity contribution in [2.45, 2.75) is 13.0 Å². The molecule has 15 heavy (non-hydrogen) atoms. The van der Waals surface area contributed by atoms with Crippen molar-refractivity contribution in [2.75, 3.05) is 11.5 Å². The molecule has 0 aliphatic carbocycles. The average molecular weight is 205 g/mol. The van der Waals surface area contributed by atoms with Crippen LogP contribution in [0.1, 0.15) is 17.3 Å². The predicted molar refractivity (Wildman–Crippen MR) is 55.1 cm³/mol. The summed E-state index contributed by atoms with van der Waals surface area (Å²) in [7, 11) is 0. The predicted octanol–water partition coefficient (Wildman–Crippen LogP) is 1.84. The van der Waals surface area contributed by atoms with Gasteiger partial charge in [-0.2, -0.15) is 0 Å². The summed E-state index contributed by atoms with van der Waals surface area (Å²) in [6.07, 6.45) is 0.441. The summed E-state index contributed by atoms with van der Waals surface area (Å²) in [6, 6.07) is 6.89. The number of carbonyl (C=O) groups excluding carboxylic acids is 2. The quantitative estimate of drug-likeness (QED) is 0.692. The van der Waals surface area contributed by atoms with Gasteiger partial charge in [0.25, 0.3) is 0 Å². The SMILES string of the molecule is CC1COC(=O)N1c1ccc(C=O)cc1. The molecule has 0 saturated carbocycles. The Morgan fingerprint density at radius 3 is 2.53 bits per heavy atom. The van der Waals surface area contributed by atoms with Crippen LogP contribution in [0.2, 0.25) is 0 Å². The lowest BCUT2D eigenvalue weighted by atomic mass is 10.2. The Balaban J connectivity index is 2.28. The molecule has 1 aliphatic heterocycles. The van der Waals surface area contributed by atoms with E-state index in [1.165, 1.54) is 0 Å². The highest BCUT2D eigenvalue weighted by Gasteiger charge is 2.30. The van der Waals surface area contributed by atoms with Gasteiger partial charge >= 0.3 is 6.09 Å². The number of nitrogens with zero attached hydrogens (tertiary/aromatic N) is 1. The summed E-state index contributed by atoms with van der Waals surface area (Å²) in [4.78, 5) is 23.4. The highest BCUT2D eigenvalue weighted by molar-refractivity contribution is 5.90. The number of amides is 1. The van der Waals surface area contributed by atoms with Crippen LogP contribution in [0.4, 0.5) is 10.5 Å². The van der Waals surface area contributed by atoms with E-state index in [9.17, 15) is 9.59 Å². The van der Waals surface area contributed by atoms with Crippen molar-refractivity contribution >= 4 is 18.1 Å². The molecule has 1 aromatic rings. The van der Waals surface area contributed by atoms with Gasteiger partial charge in [-0.05, 0) is 31.2 Å². The second-order valence-corrected chi connectivity index (χ2v) is 3.51. The number of hydrogen-bond acceptors (Lipinski definition) is 3. The van der Waals surface area contributed by atoms with Crippen molar-refractivity contribution in [3.8, 4) is 0 Å². The molecule has 0 aromatic heterocycles. The van der Waals surface area contributed by atoms with Gasteiger partial charge in [0, 0.05) is 11.3 Å². The molecule has 4 heteroatoms. The van der Waals surface area contributed by atoms with Gasteiger partial charge in [0.05, 0.1) is 6.04 Å². The summed E-state index contributed by atoms with van der Waals surface area (Å²) in [5, 5.41) is 0. The molecule has 1 unspecified atom stereocenters. The summed E-state index contributed by atoms with van der Waals surface area (Å²) >= 11 is 0. The first-order valence-electron chi connectivity index (χ1n) is 4.73. The number of aldehydes is 1. The molecule has 1 saturated heterocycles. The first kappa shape index (κ1) is 9.71. The molecular formula is C11H11NO3. The lowest BCUT2D eigenvalue weighted by Crippen LogP contribution is -2.30. The van der Waals surface area contributed by atoms with Crippen LogP contribution in [0, 0.1) is 0 Å². The molecule has 0 spiro atoms. The average Bonchev–Trinajstić information content (AvgIpc) is 2.59. The van der Waals surface area contributed by atoms with Gasteiger partial charge in [-0.3, -0.25) is 9.69 Å². The second kappa shape index (κ2) is 3.73. The van der Waals surface area contributed by atoms with Crippen LogP contribution >= 0.6 is 0 Å². The van der Waals surface area contributed by atoms with Gasteiger partial charge in [0.15, 0.2) is 0 Å². The van der Waals surface area contributed by atoms with Crippen molar-refractivity contribution in [3.05, 3.63) is 29.8 Å². The van der Waals surface area contributed by atoms with Crippen molar-refractivity contribution in [2.24, 2.45) is 0 Å². The molecule has 2 rings (SSSR count). The molecule has 0 N–H and O–H groups in total. The number of carbonyl (C=O) groups is 2. The Kier molecular flexibility index (Phi) is 2.41. The molecule has 0 bridgehead atoms. The van der Waals surface area contributed by atoms with Crippen LogP contribution in [0.15, 0.2) is 24.3 Å². The fourth-order valence-electron chi connectivity index (χ4n) is 1.59. The highest BCUT2D eigenvalue weighted by atomic mass is 16.6. The Hall–Kier alpha value is -1.84. The first-order valence-corrected chi connectivity index (χ1v) is 4.73. The van der Waals surface area contributed by atoms with E-state index in [0.29, 0.717) is 12.2 Å². The van der Waals surface area contributed by atoms with Crippen molar-refractivity contribution in [3.63, 3.8) is 0 Å². The van der Waals surface area contributed by atoms with Crippen LogP contribution < -0.4 is 4.90 Å². The summed E-state index contributed by atoms with van der Waals surface area (Å²) in [5.41, 5.74) is 1.36. The Morgan fingerprint density at radius 1 is 1.40 bits per heavy atom. The molecule has 1 aromatic carbocycles. The second-order valence-electron chi connectivity index (χ2n) is 3.51. The standard InChI is InChI=1S/C11H11NO3/c1-8-7-15-11(14)12(8)10-4-2-9(6-13)3-5-10/h2-6,8H,7H2,1H3. The van der Waals surface area contributed by atoms with Gasteiger partial charge < -0.3 is 4.74 Å². The Labute approximate surface area is 87.4 Å². The minimum Gasteiger partial charge on any atom is -0.447 e. The summed E-state index contributed by atoms with van der Waals surface area (Å²) in [5.74, 6) is 0. The summed E-state index contributed by atoms with van der Waals surface area (Å²) in [6.45, 7) is 2.33. The fourth-order valence-corrected chi connectivity index (χ4v) is 1.59. The van der Waals surface area contributed by atoms with Crippen LogP contribution in [0.5, 0.6) is 0 Å². The first-order chi connectivity index (χ1) is 7.22. The molecule has 1 heterocycles. The molecule has 1 amide bonds. The van der Waals surface area contributed by atoms with Gasteiger partial charge in [0.1, 0.15) is 12.9 Å². The van der Waals surface area contributed by atoms with E-state index in [0.717, 1.165) is 12.0 Å². The van der Waals surface area contributed by atoms with E-state index >= 15 is 0 Å². The minimum atomic E-state index is -0.332. The smallest absolute Gasteiger partial charge is 0.414 e. The zero-order chi connectivity index (χ0) is 10.8. The van der Waals surface area contributed by atoms with E-state index in [1.807, 2.05) is 6.92 Å². The van der Waals surface area contributed by atoms with Crippen LogP contribution in [0.3, 0.4) is 0 Å². The number of cyclic esters (lactones) is 1. The van der Waals surface area contributed by atoms with Crippen molar-refractivity contribution in [1.82, 2.24) is 0 Å². The topological polar surface area (TPSA) is 46.6 Å². The molecular weight excluding hydrogens is 194 g/mol. The van der Waals surface area contributed by atoms with Gasteiger partial charge in [0.2, 0.25) is 0 Å². The molecule has 4 nitrogen and oxygen atoms in total. The maximum Gasteiger partial charge on any atom is 0.414 e. The number of ether oxygens (including phenoxy) is 1. The largest absolute Gasteiger partial charge is 0.447 e. The summed E-state index contributed by atoms with van der Waals surface area (Å²) < 4.78 is 4.91. The zero-order valence-electron chi connectivity index (χ0n) is 8.34. The molecule has 78 valence electrons. The van der Waals surface area contributed by atoms with Crippen LogP contribution in [-0.4, -0.2) is 25.0 Å². The maximum absolute atomic E-state index is 11.4. The molecule has 0 radical (unpaired) electrons. The molecule has 1 aliphatic rings. The fraction of sp³-hybridized carbons (Fsp3) is 0.273. The van der Waals surface area contributed by atoms with Crippen LogP contribution in [-0.2, 0) is 4.74 Å². The third-order valence-electron chi connectivity index (χ3n) is 2.39. The number of rotatable bonds is 2.